The number of carbonyl (C=O) groups is 1. The molecule has 0 N–H and O–H groups in total. The van der Waals surface area contributed by atoms with Gasteiger partial charge in [-0.25, -0.2) is 0 Å². The molecule has 2 aromatic rings. The van der Waals surface area contributed by atoms with Crippen molar-refractivity contribution in [2.24, 2.45) is 0 Å². The molecule has 0 aliphatic carbocycles. The molecule has 25 heavy (non-hydrogen) atoms. The molecule has 5 nitrogen and oxygen atoms in total. The number of ether oxygens (including phenoxy) is 2. The number of aromatic nitrogens is 1. The second-order valence-electron chi connectivity index (χ2n) is 6.16. The summed E-state index contributed by atoms with van der Waals surface area (Å²) in [6.07, 6.45) is 5.81. The highest BCUT2D eigenvalue weighted by atomic mass is 16.5. The molecule has 1 atom stereocenters. The molecule has 1 aliphatic rings. The fourth-order valence-corrected chi connectivity index (χ4v) is 3.03. The van der Waals surface area contributed by atoms with Crippen molar-refractivity contribution in [1.82, 2.24) is 9.88 Å². The number of piperidine rings is 1. The molecular weight excluding hydrogens is 316 g/mol. The van der Waals surface area contributed by atoms with E-state index in [4.69, 9.17) is 9.47 Å². The predicted molar refractivity (Wildman–Crippen MR) is 95.8 cm³/mol. The molecule has 1 aromatic heterocycles. The molecule has 0 spiro atoms. The maximum absolute atomic E-state index is 12.6. The minimum absolute atomic E-state index is 0.0421. The molecule has 1 aliphatic heterocycles. The summed E-state index contributed by atoms with van der Waals surface area (Å²) < 4.78 is 11.4. The van der Waals surface area contributed by atoms with Crippen LogP contribution < -0.4 is 9.47 Å². The summed E-state index contributed by atoms with van der Waals surface area (Å²) in [7, 11) is 0. The van der Waals surface area contributed by atoms with Crippen molar-refractivity contribution < 1.29 is 14.3 Å². The summed E-state index contributed by atoms with van der Waals surface area (Å²) in [6, 6.07) is 11.4. The van der Waals surface area contributed by atoms with Gasteiger partial charge in [-0.3, -0.25) is 9.78 Å². The van der Waals surface area contributed by atoms with Gasteiger partial charge in [-0.05, 0) is 49.6 Å². The number of hydrogen-bond acceptors (Lipinski definition) is 4. The maximum Gasteiger partial charge on any atom is 0.227 e. The second-order valence-corrected chi connectivity index (χ2v) is 6.16. The Kier molecular flexibility index (Phi) is 5.88. The van der Waals surface area contributed by atoms with E-state index >= 15 is 0 Å². The number of carbonyl (C=O) groups excluding carboxylic acids is 1. The first kappa shape index (κ1) is 17.3. The molecule has 3 rings (SSSR count). The molecule has 0 saturated carbocycles. The van der Waals surface area contributed by atoms with Gasteiger partial charge in [0.1, 0.15) is 17.6 Å². The summed E-state index contributed by atoms with van der Waals surface area (Å²) >= 11 is 0. The number of rotatable bonds is 6. The smallest absolute Gasteiger partial charge is 0.227 e. The van der Waals surface area contributed by atoms with Crippen molar-refractivity contribution in [1.29, 1.82) is 0 Å². The number of benzene rings is 1. The molecule has 1 amide bonds. The van der Waals surface area contributed by atoms with E-state index in [1.807, 2.05) is 48.2 Å². The molecular formula is C20H24N2O3. The van der Waals surface area contributed by atoms with Gasteiger partial charge in [0.25, 0.3) is 0 Å². The molecule has 1 saturated heterocycles. The number of pyridine rings is 1. The first-order valence-electron chi connectivity index (χ1n) is 8.81. The van der Waals surface area contributed by atoms with Crippen LogP contribution in [-0.4, -0.2) is 41.6 Å². The van der Waals surface area contributed by atoms with Crippen LogP contribution >= 0.6 is 0 Å². The molecule has 1 unspecified atom stereocenters. The van der Waals surface area contributed by atoms with Gasteiger partial charge >= 0.3 is 0 Å². The van der Waals surface area contributed by atoms with E-state index in [2.05, 4.69) is 4.98 Å². The zero-order chi connectivity index (χ0) is 17.5. The molecule has 0 bridgehead atoms. The first-order chi connectivity index (χ1) is 12.2. The highest BCUT2D eigenvalue weighted by Crippen LogP contribution is 2.19. The largest absolute Gasteiger partial charge is 0.494 e. The zero-order valence-corrected chi connectivity index (χ0v) is 14.6. The van der Waals surface area contributed by atoms with Crippen LogP contribution in [0.3, 0.4) is 0 Å². The summed E-state index contributed by atoms with van der Waals surface area (Å²) in [5.41, 5.74) is 1.01. The Labute approximate surface area is 148 Å². The third-order valence-corrected chi connectivity index (χ3v) is 4.27. The quantitative estimate of drug-likeness (QED) is 0.811. The summed E-state index contributed by atoms with van der Waals surface area (Å²) in [6.45, 7) is 4.04. The number of likely N-dealkylation sites (tertiary alicyclic amines) is 1. The first-order valence-corrected chi connectivity index (χ1v) is 8.81. The fraction of sp³-hybridized carbons (Fsp3) is 0.400. The molecule has 2 heterocycles. The number of hydrogen-bond donors (Lipinski definition) is 0. The van der Waals surface area contributed by atoms with Crippen molar-refractivity contribution >= 4 is 5.91 Å². The molecule has 132 valence electrons. The van der Waals surface area contributed by atoms with Gasteiger partial charge in [-0.15, -0.1) is 0 Å². The Balaban J connectivity index is 1.54. The lowest BCUT2D eigenvalue weighted by molar-refractivity contribution is -0.133. The monoisotopic (exact) mass is 340 g/mol. The van der Waals surface area contributed by atoms with E-state index in [1.54, 1.807) is 12.4 Å². The Morgan fingerprint density at radius 2 is 1.92 bits per heavy atom. The van der Waals surface area contributed by atoms with Crippen LogP contribution in [0.1, 0.15) is 25.3 Å². The van der Waals surface area contributed by atoms with Crippen LogP contribution in [0, 0.1) is 0 Å². The van der Waals surface area contributed by atoms with Crippen LogP contribution in [0.15, 0.2) is 48.8 Å². The summed E-state index contributed by atoms with van der Waals surface area (Å²) in [5, 5.41) is 0. The van der Waals surface area contributed by atoms with Gasteiger partial charge in [-0.1, -0.05) is 12.1 Å². The van der Waals surface area contributed by atoms with Gasteiger partial charge in [0, 0.05) is 18.9 Å². The lowest BCUT2D eigenvalue weighted by Crippen LogP contribution is -2.45. The average Bonchev–Trinajstić information content (AvgIpc) is 2.65. The molecule has 1 aromatic carbocycles. The van der Waals surface area contributed by atoms with Gasteiger partial charge in [-0.2, -0.15) is 0 Å². The fourth-order valence-electron chi connectivity index (χ4n) is 3.03. The molecule has 1 fully saturated rings. The summed E-state index contributed by atoms with van der Waals surface area (Å²) in [4.78, 5) is 18.5. The minimum Gasteiger partial charge on any atom is -0.494 e. The topological polar surface area (TPSA) is 51.7 Å². The van der Waals surface area contributed by atoms with Gasteiger partial charge < -0.3 is 14.4 Å². The molecule has 5 heteroatoms. The van der Waals surface area contributed by atoms with Crippen LogP contribution in [0.2, 0.25) is 0 Å². The third-order valence-electron chi connectivity index (χ3n) is 4.27. The van der Waals surface area contributed by atoms with Gasteiger partial charge in [0.15, 0.2) is 0 Å². The van der Waals surface area contributed by atoms with E-state index in [0.29, 0.717) is 19.6 Å². The van der Waals surface area contributed by atoms with Gasteiger partial charge in [0.05, 0.1) is 19.6 Å². The number of nitrogens with zero attached hydrogens (tertiary/aromatic N) is 2. The molecule has 0 radical (unpaired) electrons. The van der Waals surface area contributed by atoms with E-state index in [0.717, 1.165) is 36.4 Å². The van der Waals surface area contributed by atoms with Crippen LogP contribution in [0.5, 0.6) is 11.5 Å². The third kappa shape index (κ3) is 4.95. The van der Waals surface area contributed by atoms with E-state index in [-0.39, 0.29) is 12.0 Å². The standard InChI is InChI=1S/C20H24N2O3/c1-2-24-17-7-5-16(6-8-17)14-20(23)22-13-3-4-19(15-22)25-18-9-11-21-12-10-18/h5-12,19H,2-4,13-15H2,1H3. The Morgan fingerprint density at radius 1 is 1.16 bits per heavy atom. The minimum atomic E-state index is 0.0421. The maximum atomic E-state index is 12.6. The normalized spacial score (nSPS) is 17.2. The van der Waals surface area contributed by atoms with Crippen LogP contribution in [-0.2, 0) is 11.2 Å². The SMILES string of the molecule is CCOc1ccc(CC(=O)N2CCCC(Oc3ccncc3)C2)cc1. The number of amides is 1. The van der Waals surface area contributed by atoms with Gasteiger partial charge in [0.2, 0.25) is 5.91 Å². The van der Waals surface area contributed by atoms with Crippen molar-refractivity contribution in [3.8, 4) is 11.5 Å². The van der Waals surface area contributed by atoms with Crippen LogP contribution in [0.4, 0.5) is 0 Å². The Morgan fingerprint density at radius 3 is 2.64 bits per heavy atom. The average molecular weight is 340 g/mol. The van der Waals surface area contributed by atoms with Crippen molar-refractivity contribution in [3.63, 3.8) is 0 Å². The lowest BCUT2D eigenvalue weighted by atomic mass is 10.1. The second kappa shape index (κ2) is 8.51. The summed E-state index contributed by atoms with van der Waals surface area (Å²) in [5.74, 6) is 1.79. The highest BCUT2D eigenvalue weighted by molar-refractivity contribution is 5.79. The van der Waals surface area contributed by atoms with Crippen molar-refractivity contribution in [3.05, 3.63) is 54.4 Å². The van der Waals surface area contributed by atoms with E-state index in [9.17, 15) is 4.79 Å². The zero-order valence-electron chi connectivity index (χ0n) is 14.6. The Hall–Kier alpha value is -2.56. The highest BCUT2D eigenvalue weighted by Gasteiger charge is 2.24. The van der Waals surface area contributed by atoms with Crippen molar-refractivity contribution in [2.75, 3.05) is 19.7 Å². The van der Waals surface area contributed by atoms with E-state index in [1.165, 1.54) is 0 Å². The lowest BCUT2D eigenvalue weighted by Gasteiger charge is -2.33. The van der Waals surface area contributed by atoms with Crippen LogP contribution in [0.25, 0.3) is 0 Å². The van der Waals surface area contributed by atoms with E-state index < -0.39 is 0 Å². The predicted octanol–water partition coefficient (Wildman–Crippen LogP) is 3.09. The van der Waals surface area contributed by atoms with Crippen molar-refractivity contribution in [2.45, 2.75) is 32.3 Å². The Bertz CT molecular complexity index is 673.